The van der Waals surface area contributed by atoms with Crippen molar-refractivity contribution in [3.8, 4) is 0 Å². The second-order valence-electron chi connectivity index (χ2n) is 15.2. The van der Waals surface area contributed by atoms with Crippen LogP contribution in [0.4, 0.5) is 14.9 Å². The summed E-state index contributed by atoms with van der Waals surface area (Å²) in [5.74, 6) is -1.20. The Balaban J connectivity index is 1.23. The third-order valence-corrected chi connectivity index (χ3v) is 11.9. The molecule has 0 bridgehead atoms. The molecular formula is C38H51FN4O7S. The van der Waals surface area contributed by atoms with Crippen LogP contribution in [0.1, 0.15) is 95.3 Å². The molecule has 1 saturated heterocycles. The van der Waals surface area contributed by atoms with E-state index in [0.717, 1.165) is 32.1 Å². The molecule has 3 atom stereocenters. The molecule has 13 heteroatoms. The van der Waals surface area contributed by atoms with Gasteiger partial charge in [-0.25, -0.2) is 22.3 Å². The normalized spacial score (nSPS) is 23.6. The van der Waals surface area contributed by atoms with Gasteiger partial charge in [0.2, 0.25) is 11.8 Å². The standard InChI is InChI=1S/C38H51FN4O7S/c1-38(2,3)50-37(47)41-32(24-39)26-14-16-28(17-15-26)36(46)43-23-22-31(25-10-6-4-7-11-25)33(43)35(45)40-29-20-18-27(19-21-29)34(44)42-51(48,49)30-12-8-5-9-13-30/h5,8-9,12-13,18-21,25-26,28,31-33H,4,6-7,10-11,14-17,22-24H2,1-3H3,(H,40,45)(H,41,47)(H,42,44)/t26?,28?,31-,32+,33-/m0/s1. The molecule has 1 heterocycles. The first-order valence-electron chi connectivity index (χ1n) is 18.1. The van der Waals surface area contributed by atoms with Crippen LogP contribution in [-0.4, -0.2) is 68.0 Å². The van der Waals surface area contributed by atoms with Gasteiger partial charge in [0, 0.05) is 23.7 Å². The van der Waals surface area contributed by atoms with Crippen molar-refractivity contribution in [1.82, 2.24) is 14.9 Å². The summed E-state index contributed by atoms with van der Waals surface area (Å²) in [5, 5.41) is 5.64. The Hall–Kier alpha value is -4.00. The maximum atomic E-state index is 14.1. The summed E-state index contributed by atoms with van der Waals surface area (Å²) in [4.78, 5) is 55.0. The van der Waals surface area contributed by atoms with E-state index in [4.69, 9.17) is 4.74 Å². The molecule has 0 aromatic heterocycles. The highest BCUT2D eigenvalue weighted by molar-refractivity contribution is 7.90. The first-order chi connectivity index (χ1) is 24.3. The molecule has 3 aliphatic rings. The molecule has 5 rings (SSSR count). The fraction of sp³-hybridized carbons (Fsp3) is 0.579. The number of hydrogen-bond donors (Lipinski definition) is 3. The van der Waals surface area contributed by atoms with Gasteiger partial charge in [-0.2, -0.15) is 0 Å². The van der Waals surface area contributed by atoms with Crippen molar-refractivity contribution in [2.45, 2.75) is 108 Å². The fourth-order valence-corrected chi connectivity index (χ4v) is 8.96. The second kappa shape index (κ2) is 16.6. The number of anilines is 1. The zero-order valence-corrected chi connectivity index (χ0v) is 30.6. The van der Waals surface area contributed by atoms with Crippen molar-refractivity contribution in [2.75, 3.05) is 18.5 Å². The van der Waals surface area contributed by atoms with Crippen LogP contribution >= 0.6 is 0 Å². The van der Waals surface area contributed by atoms with Gasteiger partial charge in [0.1, 0.15) is 18.3 Å². The first-order valence-corrected chi connectivity index (χ1v) is 19.6. The van der Waals surface area contributed by atoms with Gasteiger partial charge in [-0.05, 0) is 107 Å². The maximum Gasteiger partial charge on any atom is 0.407 e. The minimum Gasteiger partial charge on any atom is -0.444 e. The zero-order chi connectivity index (χ0) is 36.8. The summed E-state index contributed by atoms with van der Waals surface area (Å²) in [5.41, 5.74) is -0.159. The summed E-state index contributed by atoms with van der Waals surface area (Å²) >= 11 is 0. The van der Waals surface area contributed by atoms with Crippen LogP contribution in [0.15, 0.2) is 59.5 Å². The lowest BCUT2D eigenvalue weighted by Gasteiger charge is -2.37. The molecule has 278 valence electrons. The Morgan fingerprint density at radius 3 is 2.14 bits per heavy atom. The highest BCUT2D eigenvalue weighted by Gasteiger charge is 2.47. The van der Waals surface area contributed by atoms with Crippen molar-refractivity contribution >= 4 is 39.5 Å². The van der Waals surface area contributed by atoms with Crippen LogP contribution in [0.25, 0.3) is 0 Å². The third kappa shape index (κ3) is 9.87. The zero-order valence-electron chi connectivity index (χ0n) is 29.7. The summed E-state index contributed by atoms with van der Waals surface area (Å²) < 4.78 is 46.7. The van der Waals surface area contributed by atoms with Gasteiger partial charge >= 0.3 is 6.09 Å². The molecule has 3 N–H and O–H groups in total. The van der Waals surface area contributed by atoms with Gasteiger partial charge in [0.05, 0.1) is 10.9 Å². The number of amides is 4. The summed E-state index contributed by atoms with van der Waals surface area (Å²) in [6, 6.07) is 12.2. The Labute approximate surface area is 300 Å². The smallest absolute Gasteiger partial charge is 0.407 e. The van der Waals surface area contributed by atoms with E-state index in [0.29, 0.717) is 43.8 Å². The molecule has 4 amide bonds. The Kier molecular flexibility index (Phi) is 12.4. The number of carbonyl (C=O) groups is 4. The predicted molar refractivity (Wildman–Crippen MR) is 191 cm³/mol. The first kappa shape index (κ1) is 38.2. The van der Waals surface area contributed by atoms with E-state index in [-0.39, 0.29) is 40.0 Å². The maximum absolute atomic E-state index is 14.1. The molecule has 2 aromatic rings. The predicted octanol–water partition coefficient (Wildman–Crippen LogP) is 6.21. The van der Waals surface area contributed by atoms with Crippen LogP contribution < -0.4 is 15.4 Å². The van der Waals surface area contributed by atoms with E-state index in [1.54, 1.807) is 56.0 Å². The van der Waals surface area contributed by atoms with E-state index in [1.165, 1.54) is 30.7 Å². The van der Waals surface area contributed by atoms with Gasteiger partial charge in [-0.1, -0.05) is 50.3 Å². The Morgan fingerprint density at radius 2 is 1.53 bits per heavy atom. The van der Waals surface area contributed by atoms with E-state index in [2.05, 4.69) is 15.4 Å². The van der Waals surface area contributed by atoms with Gasteiger partial charge in [-0.3, -0.25) is 14.4 Å². The summed E-state index contributed by atoms with van der Waals surface area (Å²) in [6.07, 6.45) is 7.72. The number of nitrogens with one attached hydrogen (secondary N) is 3. The molecule has 1 aliphatic heterocycles. The minimum absolute atomic E-state index is 0.0211. The van der Waals surface area contributed by atoms with Crippen LogP contribution in [0.3, 0.4) is 0 Å². The Morgan fingerprint density at radius 1 is 0.882 bits per heavy atom. The number of rotatable bonds is 10. The highest BCUT2D eigenvalue weighted by Crippen LogP contribution is 2.41. The van der Waals surface area contributed by atoms with Gasteiger partial charge in [-0.15, -0.1) is 0 Å². The van der Waals surface area contributed by atoms with Crippen LogP contribution in [0.5, 0.6) is 0 Å². The molecule has 2 saturated carbocycles. The molecule has 3 fully saturated rings. The van der Waals surface area contributed by atoms with E-state index < -0.39 is 46.4 Å². The average Bonchev–Trinajstić information content (AvgIpc) is 3.56. The number of ether oxygens (including phenoxy) is 1. The van der Waals surface area contributed by atoms with Crippen molar-refractivity contribution in [1.29, 1.82) is 0 Å². The van der Waals surface area contributed by atoms with Crippen molar-refractivity contribution < 1.29 is 36.7 Å². The number of alkyl carbamates (subject to hydrolysis) is 1. The van der Waals surface area contributed by atoms with E-state index >= 15 is 0 Å². The SMILES string of the molecule is CC(C)(C)OC(=O)N[C@H](CF)C1CCC(C(=O)N2CC[C@@H](C3CCCCC3)[C@H]2C(=O)Nc2ccc(C(=O)NS(=O)(=O)c3ccccc3)cc2)CC1. The summed E-state index contributed by atoms with van der Waals surface area (Å²) in [6.45, 7) is 5.01. The van der Waals surface area contributed by atoms with Gasteiger partial charge in [0.25, 0.3) is 15.9 Å². The molecule has 0 unspecified atom stereocenters. The number of likely N-dealkylation sites (tertiary alicyclic amines) is 1. The second-order valence-corrected chi connectivity index (χ2v) is 16.8. The number of benzene rings is 2. The number of hydrogen-bond acceptors (Lipinski definition) is 7. The van der Waals surface area contributed by atoms with E-state index in [1.807, 2.05) is 0 Å². The number of sulfonamides is 1. The van der Waals surface area contributed by atoms with Crippen LogP contribution in [0, 0.1) is 23.7 Å². The molecule has 11 nitrogen and oxygen atoms in total. The lowest BCUT2D eigenvalue weighted by molar-refractivity contribution is -0.142. The quantitative estimate of drug-likeness (QED) is 0.264. The largest absolute Gasteiger partial charge is 0.444 e. The van der Waals surface area contributed by atoms with Crippen molar-refractivity contribution in [3.63, 3.8) is 0 Å². The lowest BCUT2D eigenvalue weighted by atomic mass is 9.76. The lowest BCUT2D eigenvalue weighted by Crippen LogP contribution is -2.50. The number of alkyl halides is 1. The van der Waals surface area contributed by atoms with Gasteiger partial charge in [0.15, 0.2) is 0 Å². The molecule has 0 spiro atoms. The minimum atomic E-state index is -4.05. The number of halogens is 1. The number of nitrogens with zero attached hydrogens (tertiary/aromatic N) is 1. The molecule has 0 radical (unpaired) electrons. The van der Waals surface area contributed by atoms with Crippen LogP contribution in [-0.2, 0) is 24.3 Å². The topological polar surface area (TPSA) is 151 Å². The number of carbonyl (C=O) groups excluding carboxylic acids is 4. The molecule has 2 aromatic carbocycles. The monoisotopic (exact) mass is 726 g/mol. The average molecular weight is 727 g/mol. The summed E-state index contributed by atoms with van der Waals surface area (Å²) in [7, 11) is -4.05. The van der Waals surface area contributed by atoms with Crippen molar-refractivity contribution in [3.05, 3.63) is 60.2 Å². The Bertz CT molecular complexity index is 1630. The highest BCUT2D eigenvalue weighted by atomic mass is 32.2. The van der Waals surface area contributed by atoms with Crippen LogP contribution in [0.2, 0.25) is 0 Å². The fourth-order valence-electron chi connectivity index (χ4n) is 7.96. The van der Waals surface area contributed by atoms with E-state index in [9.17, 15) is 32.0 Å². The molecule has 2 aliphatic carbocycles. The molecule has 51 heavy (non-hydrogen) atoms. The molecular weight excluding hydrogens is 676 g/mol. The van der Waals surface area contributed by atoms with Crippen molar-refractivity contribution in [2.24, 2.45) is 23.7 Å². The van der Waals surface area contributed by atoms with Gasteiger partial charge < -0.3 is 20.3 Å². The third-order valence-electron chi connectivity index (χ3n) is 10.5.